The number of hydrogen-bond donors (Lipinski definition) is 2. The molecule has 0 unspecified atom stereocenters. The third-order valence-electron chi connectivity index (χ3n) is 4.25. The van der Waals surface area contributed by atoms with Gasteiger partial charge in [-0.2, -0.15) is 0 Å². The molecule has 1 aromatic rings. The molecule has 1 atom stereocenters. The summed E-state index contributed by atoms with van der Waals surface area (Å²) in [5.41, 5.74) is 6.26. The number of benzene rings is 1. The van der Waals surface area contributed by atoms with Gasteiger partial charge in [0.05, 0.1) is 12.2 Å². The molecule has 1 aliphatic heterocycles. The van der Waals surface area contributed by atoms with Crippen LogP contribution >= 0.6 is 0 Å². The molecule has 3 amide bonds. The molecule has 7 heteroatoms. The topological polar surface area (TPSA) is 102 Å². The molecule has 1 fully saturated rings. The van der Waals surface area contributed by atoms with Crippen molar-refractivity contribution >= 4 is 23.6 Å². The monoisotopic (exact) mass is 347 g/mol. The average Bonchev–Trinajstić information content (AvgIpc) is 2.61. The van der Waals surface area contributed by atoms with Gasteiger partial charge in [-0.3, -0.25) is 4.79 Å². The number of carbonyl (C=O) groups is 3. The molecular weight excluding hydrogens is 322 g/mol. The first-order valence-electron chi connectivity index (χ1n) is 8.61. The molecule has 0 saturated carbocycles. The molecule has 7 nitrogen and oxygen atoms in total. The standard InChI is InChI=1S/C18H25N3O4/c1-2-25-17(23)14-6-8-15(9-7-14)20-18(24)21-11-3-4-13(12-21)5-10-16(19)22/h6-9,13H,2-5,10-12H2,1H3,(H2,19,22)(H,20,24)/t13-/m1/s1. The van der Waals surface area contributed by atoms with Gasteiger partial charge in [-0.25, -0.2) is 9.59 Å². The van der Waals surface area contributed by atoms with Gasteiger partial charge in [-0.1, -0.05) is 0 Å². The molecule has 0 aliphatic carbocycles. The van der Waals surface area contributed by atoms with E-state index in [9.17, 15) is 14.4 Å². The maximum absolute atomic E-state index is 12.4. The number of primary amides is 1. The Labute approximate surface area is 147 Å². The molecule has 0 aromatic heterocycles. The molecule has 0 radical (unpaired) electrons. The zero-order valence-corrected chi connectivity index (χ0v) is 14.5. The van der Waals surface area contributed by atoms with E-state index in [2.05, 4.69) is 5.32 Å². The van der Waals surface area contributed by atoms with Gasteiger partial charge in [0.2, 0.25) is 5.91 Å². The molecule has 1 heterocycles. The van der Waals surface area contributed by atoms with Crippen molar-refractivity contribution < 1.29 is 19.1 Å². The minimum absolute atomic E-state index is 0.173. The van der Waals surface area contributed by atoms with Crippen molar-refractivity contribution in [3.63, 3.8) is 0 Å². The SMILES string of the molecule is CCOC(=O)c1ccc(NC(=O)N2CCC[C@H](CCC(N)=O)C2)cc1. The van der Waals surface area contributed by atoms with E-state index in [-0.39, 0.29) is 17.9 Å². The van der Waals surface area contributed by atoms with E-state index in [1.54, 1.807) is 36.1 Å². The number of likely N-dealkylation sites (tertiary alicyclic amines) is 1. The van der Waals surface area contributed by atoms with E-state index in [4.69, 9.17) is 10.5 Å². The van der Waals surface area contributed by atoms with E-state index in [1.807, 2.05) is 0 Å². The Morgan fingerprint density at radius 3 is 2.64 bits per heavy atom. The Kier molecular flexibility index (Phi) is 6.80. The van der Waals surface area contributed by atoms with E-state index in [1.165, 1.54) is 0 Å². The summed E-state index contributed by atoms with van der Waals surface area (Å²) in [6.45, 7) is 3.39. The van der Waals surface area contributed by atoms with Crippen LogP contribution in [0.3, 0.4) is 0 Å². The zero-order valence-electron chi connectivity index (χ0n) is 14.5. The molecular formula is C18H25N3O4. The fourth-order valence-electron chi connectivity index (χ4n) is 2.94. The third-order valence-corrected chi connectivity index (χ3v) is 4.25. The van der Waals surface area contributed by atoms with Crippen LogP contribution in [0.1, 0.15) is 43.0 Å². The normalized spacial score (nSPS) is 17.0. The molecule has 1 aromatic carbocycles. The summed E-state index contributed by atoms with van der Waals surface area (Å²) < 4.78 is 4.93. The number of hydrogen-bond acceptors (Lipinski definition) is 4. The van der Waals surface area contributed by atoms with Gasteiger partial charge in [0, 0.05) is 25.2 Å². The van der Waals surface area contributed by atoms with Crippen LogP contribution in [0.2, 0.25) is 0 Å². The van der Waals surface area contributed by atoms with Gasteiger partial charge in [0.15, 0.2) is 0 Å². The van der Waals surface area contributed by atoms with Crippen LogP contribution < -0.4 is 11.1 Å². The third kappa shape index (κ3) is 5.77. The molecule has 1 aliphatic rings. The quantitative estimate of drug-likeness (QED) is 0.771. The first-order chi connectivity index (χ1) is 12.0. The molecule has 25 heavy (non-hydrogen) atoms. The van der Waals surface area contributed by atoms with Crippen molar-refractivity contribution in [1.82, 2.24) is 4.90 Å². The number of esters is 1. The van der Waals surface area contributed by atoms with Gasteiger partial charge in [-0.15, -0.1) is 0 Å². The molecule has 1 saturated heterocycles. The van der Waals surface area contributed by atoms with Gasteiger partial charge < -0.3 is 20.7 Å². The molecule has 2 rings (SSSR count). The Morgan fingerprint density at radius 2 is 2.00 bits per heavy atom. The van der Waals surface area contributed by atoms with E-state index in [0.29, 0.717) is 49.7 Å². The summed E-state index contributed by atoms with van der Waals surface area (Å²) in [7, 11) is 0. The van der Waals surface area contributed by atoms with Crippen molar-refractivity contribution in [2.75, 3.05) is 25.0 Å². The molecule has 0 bridgehead atoms. The number of nitrogens with zero attached hydrogens (tertiary/aromatic N) is 1. The van der Waals surface area contributed by atoms with Gasteiger partial charge >= 0.3 is 12.0 Å². The Balaban J connectivity index is 1.88. The van der Waals surface area contributed by atoms with Crippen molar-refractivity contribution in [3.05, 3.63) is 29.8 Å². The van der Waals surface area contributed by atoms with Crippen LogP contribution in [-0.2, 0) is 9.53 Å². The Bertz CT molecular complexity index is 615. The van der Waals surface area contributed by atoms with E-state index >= 15 is 0 Å². The highest BCUT2D eigenvalue weighted by Crippen LogP contribution is 2.22. The predicted octanol–water partition coefficient (Wildman–Crippen LogP) is 2.37. The fourth-order valence-corrected chi connectivity index (χ4v) is 2.94. The lowest BCUT2D eigenvalue weighted by Gasteiger charge is -2.32. The van der Waals surface area contributed by atoms with Gasteiger partial charge in [0.1, 0.15) is 0 Å². The number of urea groups is 1. The molecule has 0 spiro atoms. The maximum Gasteiger partial charge on any atom is 0.338 e. The van der Waals surface area contributed by atoms with Crippen molar-refractivity contribution in [2.24, 2.45) is 11.7 Å². The first-order valence-corrected chi connectivity index (χ1v) is 8.61. The number of amides is 3. The maximum atomic E-state index is 12.4. The summed E-state index contributed by atoms with van der Waals surface area (Å²) in [6, 6.07) is 6.43. The summed E-state index contributed by atoms with van der Waals surface area (Å²) >= 11 is 0. The second-order valence-electron chi connectivity index (χ2n) is 6.19. The molecule has 3 N–H and O–H groups in total. The van der Waals surface area contributed by atoms with Gasteiger partial charge in [-0.05, 0) is 56.4 Å². The van der Waals surface area contributed by atoms with Crippen molar-refractivity contribution in [1.29, 1.82) is 0 Å². The Hall–Kier alpha value is -2.57. The zero-order chi connectivity index (χ0) is 18.2. The summed E-state index contributed by atoms with van der Waals surface area (Å²) in [5.74, 6) is -0.379. The molecule has 136 valence electrons. The van der Waals surface area contributed by atoms with Crippen LogP contribution in [0.5, 0.6) is 0 Å². The summed E-state index contributed by atoms with van der Waals surface area (Å²) in [4.78, 5) is 36.7. The lowest BCUT2D eigenvalue weighted by atomic mass is 9.93. The van der Waals surface area contributed by atoms with Crippen molar-refractivity contribution in [2.45, 2.75) is 32.6 Å². The van der Waals surface area contributed by atoms with Crippen LogP contribution in [0.4, 0.5) is 10.5 Å². The number of nitrogens with two attached hydrogens (primary N) is 1. The minimum Gasteiger partial charge on any atom is -0.462 e. The largest absolute Gasteiger partial charge is 0.462 e. The number of carbonyl (C=O) groups excluding carboxylic acids is 3. The minimum atomic E-state index is -0.381. The van der Waals surface area contributed by atoms with Crippen LogP contribution in [0, 0.1) is 5.92 Å². The number of ether oxygens (including phenoxy) is 1. The number of anilines is 1. The second-order valence-corrected chi connectivity index (χ2v) is 6.19. The van der Waals surface area contributed by atoms with Crippen LogP contribution in [0.15, 0.2) is 24.3 Å². The van der Waals surface area contributed by atoms with Gasteiger partial charge in [0.25, 0.3) is 0 Å². The fraction of sp³-hybridized carbons (Fsp3) is 0.500. The summed E-state index contributed by atoms with van der Waals surface area (Å²) in [6.07, 6.45) is 2.99. The summed E-state index contributed by atoms with van der Waals surface area (Å²) in [5, 5.41) is 2.84. The smallest absolute Gasteiger partial charge is 0.338 e. The lowest BCUT2D eigenvalue weighted by molar-refractivity contribution is -0.118. The number of rotatable bonds is 6. The highest BCUT2D eigenvalue weighted by molar-refractivity contribution is 5.92. The highest BCUT2D eigenvalue weighted by Gasteiger charge is 2.24. The predicted molar refractivity (Wildman–Crippen MR) is 94.1 cm³/mol. The average molecular weight is 347 g/mol. The van der Waals surface area contributed by atoms with E-state index in [0.717, 1.165) is 12.8 Å². The lowest BCUT2D eigenvalue weighted by Crippen LogP contribution is -2.42. The van der Waals surface area contributed by atoms with Crippen LogP contribution in [-0.4, -0.2) is 42.5 Å². The van der Waals surface area contributed by atoms with E-state index < -0.39 is 0 Å². The Morgan fingerprint density at radius 1 is 1.28 bits per heavy atom. The highest BCUT2D eigenvalue weighted by atomic mass is 16.5. The first kappa shape index (κ1) is 18.8. The second kappa shape index (κ2) is 9.05. The number of nitrogens with one attached hydrogen (secondary N) is 1. The van der Waals surface area contributed by atoms with Crippen LogP contribution in [0.25, 0.3) is 0 Å². The van der Waals surface area contributed by atoms with Crippen molar-refractivity contribution in [3.8, 4) is 0 Å². The number of piperidine rings is 1.